The third-order valence-electron chi connectivity index (χ3n) is 14.6. The minimum Gasteiger partial charge on any atom is -0.593 e. The summed E-state index contributed by atoms with van der Waals surface area (Å²) < 4.78 is 69.4. The number of carbonyl (C=O) groups excluding carboxylic acids is 2. The molecule has 8 aromatic rings. The molecule has 1 unspecified atom stereocenters. The van der Waals surface area contributed by atoms with E-state index in [-0.39, 0.29) is 78.1 Å². The topological polar surface area (TPSA) is 276 Å². The monoisotopic (exact) mass is 1110 g/mol. The number of sulfonamides is 1. The minimum absolute atomic E-state index is 0.0418. The van der Waals surface area contributed by atoms with Crippen LogP contribution in [0, 0.1) is 5.41 Å². The van der Waals surface area contributed by atoms with Crippen molar-refractivity contribution in [1.29, 1.82) is 0 Å². The average Bonchev–Trinajstić information content (AvgIpc) is 4.38. The largest absolute Gasteiger partial charge is 0.593 e. The first-order valence-electron chi connectivity index (χ1n) is 25.0. The van der Waals surface area contributed by atoms with Gasteiger partial charge in [0.2, 0.25) is 15.8 Å². The number of hydrogen-bond donors (Lipinski definition) is 4. The van der Waals surface area contributed by atoms with Crippen LogP contribution in [0.25, 0.3) is 33.5 Å². The maximum Gasteiger partial charge on any atom is 0.407 e. The summed E-state index contributed by atoms with van der Waals surface area (Å²) in [6.45, 7) is 4.63. The number of tetrazole rings is 1. The fourth-order valence-corrected chi connectivity index (χ4v) is 13.8. The first kappa shape index (κ1) is 54.0. The van der Waals surface area contributed by atoms with Gasteiger partial charge in [0.25, 0.3) is 11.8 Å². The van der Waals surface area contributed by atoms with Crippen molar-refractivity contribution in [1.82, 2.24) is 49.0 Å². The van der Waals surface area contributed by atoms with Gasteiger partial charge >= 0.3 is 6.09 Å². The number of methoxy groups -OCH3 is 3. The maximum atomic E-state index is 16.5. The van der Waals surface area contributed by atoms with Crippen molar-refractivity contribution in [2.24, 2.45) is 5.41 Å². The van der Waals surface area contributed by atoms with Crippen LogP contribution in [0.2, 0.25) is 0 Å². The molecule has 0 saturated carbocycles. The van der Waals surface area contributed by atoms with Crippen molar-refractivity contribution < 1.29 is 46.7 Å². The summed E-state index contributed by atoms with van der Waals surface area (Å²) in [5, 5.41) is 24.7. The van der Waals surface area contributed by atoms with Crippen molar-refractivity contribution in [3.63, 3.8) is 0 Å². The van der Waals surface area contributed by atoms with Crippen LogP contribution in [0.1, 0.15) is 64.6 Å². The number of imidazole rings is 1. The van der Waals surface area contributed by atoms with Gasteiger partial charge in [-0.3, -0.25) is 19.4 Å². The van der Waals surface area contributed by atoms with Gasteiger partial charge in [0.15, 0.2) is 15.7 Å². The lowest BCUT2D eigenvalue weighted by Gasteiger charge is -2.48. The number of nitrogens with one attached hydrogen (secondary N) is 2. The fraction of sp³-hybridized carbons (Fsp3) is 0.268. The number of carboxylic acid groups (broad SMARTS) is 1. The van der Waals surface area contributed by atoms with E-state index in [0.29, 0.717) is 45.0 Å². The Morgan fingerprint density at radius 3 is 1.91 bits per heavy atom. The first-order chi connectivity index (χ1) is 37.8. The Morgan fingerprint density at radius 1 is 0.810 bits per heavy atom. The second-order valence-corrected chi connectivity index (χ2v) is 23.4. The van der Waals surface area contributed by atoms with Crippen LogP contribution >= 0.6 is 0 Å². The zero-order valence-corrected chi connectivity index (χ0v) is 45.7. The Balaban J connectivity index is 1.15. The molecule has 0 radical (unpaired) electrons. The average molecular weight is 1110 g/mol. The highest BCUT2D eigenvalue weighted by molar-refractivity contribution is 7.92. The number of H-pyrrole nitrogens is 1. The van der Waals surface area contributed by atoms with Crippen LogP contribution in [-0.2, 0) is 41.0 Å². The molecule has 1 saturated heterocycles. The van der Waals surface area contributed by atoms with Crippen LogP contribution in [0.3, 0.4) is 0 Å². The summed E-state index contributed by atoms with van der Waals surface area (Å²) >= 11 is -2.48. The highest BCUT2D eigenvalue weighted by Crippen LogP contribution is 2.47. The highest BCUT2D eigenvalue weighted by Gasteiger charge is 2.58. The molecule has 408 valence electrons. The van der Waals surface area contributed by atoms with E-state index in [1.165, 1.54) is 34.3 Å². The van der Waals surface area contributed by atoms with E-state index in [0.717, 1.165) is 10.5 Å². The number of amides is 3. The van der Waals surface area contributed by atoms with E-state index in [1.54, 1.807) is 116 Å². The second-order valence-electron chi connectivity index (χ2n) is 20.3. The van der Waals surface area contributed by atoms with Gasteiger partial charge in [0.05, 0.1) is 85.1 Å². The van der Waals surface area contributed by atoms with Crippen LogP contribution in [0.4, 0.5) is 10.7 Å². The Hall–Kier alpha value is -8.35. The third kappa shape index (κ3) is 10.3. The van der Waals surface area contributed by atoms with Gasteiger partial charge in [-0.25, -0.2) is 18.2 Å². The first-order valence-corrected chi connectivity index (χ1v) is 27.6. The molecule has 6 aromatic carbocycles. The van der Waals surface area contributed by atoms with Gasteiger partial charge in [-0.15, -0.1) is 14.9 Å². The predicted octanol–water partition coefficient (Wildman–Crippen LogP) is 7.38. The molecule has 10 rings (SSSR count). The number of hydrogen-bond acceptors (Lipinski definition) is 15. The van der Waals surface area contributed by atoms with Gasteiger partial charge < -0.3 is 34.6 Å². The van der Waals surface area contributed by atoms with Gasteiger partial charge in [-0.05, 0) is 106 Å². The minimum atomic E-state index is -4.91. The molecule has 2 aromatic heterocycles. The van der Waals surface area contributed by atoms with Crippen LogP contribution in [-0.4, -0.2) is 126 Å². The lowest BCUT2D eigenvalue weighted by molar-refractivity contribution is 0.00664. The number of para-hydroxylation sites is 1. The van der Waals surface area contributed by atoms with Crippen LogP contribution in [0.5, 0.6) is 17.2 Å². The molecular weight excluding hydrogens is 1050 g/mol. The maximum absolute atomic E-state index is 16.5. The van der Waals surface area contributed by atoms with Gasteiger partial charge in [0, 0.05) is 25.2 Å². The molecule has 5 N–H and O–H groups in total. The zero-order valence-electron chi connectivity index (χ0n) is 44.0. The second kappa shape index (κ2) is 21.5. The molecule has 23 heteroatoms. The summed E-state index contributed by atoms with van der Waals surface area (Å²) in [6.07, 6.45) is -1.37. The SMILES string of the molecule is COc1ccc(CN(Cc2ccc(OC)cc2)S(=O)(=O)c2c([S+]([O-])N[C@H]3CN(C(=O)O)[C@](CN4C(=O)c5ccccc5C4=O)(C(C)(C)C)C3)ccc(-c3cccc4[nH]c(N)nc34)c2-c2nnn(Cc3ccc(OC)cc3)n2)cc1. The molecule has 2 aliphatic heterocycles. The summed E-state index contributed by atoms with van der Waals surface area (Å²) in [5.74, 6) is 0.584. The number of anilines is 1. The number of likely N-dealkylation sites (tertiary alicyclic amines) is 1. The molecule has 3 atom stereocenters. The molecule has 4 heterocycles. The van der Waals surface area contributed by atoms with E-state index in [1.807, 2.05) is 32.9 Å². The number of rotatable bonds is 18. The highest BCUT2D eigenvalue weighted by atomic mass is 32.2. The Labute approximate surface area is 458 Å². The Bertz CT molecular complexity index is 3630. The van der Waals surface area contributed by atoms with Crippen molar-refractivity contribution in [3.05, 3.63) is 155 Å². The van der Waals surface area contributed by atoms with E-state index < -0.39 is 61.2 Å². The number of imide groups is 1. The predicted molar refractivity (Wildman–Crippen MR) is 294 cm³/mol. The Kier molecular flexibility index (Phi) is 14.7. The number of nitrogens with two attached hydrogens (primary N) is 1. The van der Waals surface area contributed by atoms with E-state index in [9.17, 15) is 19.5 Å². The summed E-state index contributed by atoms with van der Waals surface area (Å²) in [7, 11) is -0.290. The molecule has 79 heavy (non-hydrogen) atoms. The van der Waals surface area contributed by atoms with Crippen LogP contribution in [0.15, 0.2) is 137 Å². The molecule has 0 bridgehead atoms. The Morgan fingerprint density at radius 2 is 1.37 bits per heavy atom. The quantitative estimate of drug-likeness (QED) is 0.0482. The third-order valence-corrected chi connectivity index (χ3v) is 17.9. The smallest absolute Gasteiger partial charge is 0.407 e. The normalized spacial score (nSPS) is 16.9. The van der Waals surface area contributed by atoms with Gasteiger partial charge in [0.1, 0.15) is 17.2 Å². The van der Waals surface area contributed by atoms with Crippen LogP contribution < -0.4 is 24.7 Å². The molecule has 0 spiro atoms. The number of aromatic amines is 1. The van der Waals surface area contributed by atoms with Crippen molar-refractivity contribution in [2.45, 2.75) is 68.2 Å². The molecule has 1 fully saturated rings. The van der Waals surface area contributed by atoms with Crippen molar-refractivity contribution in [3.8, 4) is 39.8 Å². The molecule has 0 aliphatic carbocycles. The molecule has 3 amide bonds. The summed E-state index contributed by atoms with van der Waals surface area (Å²) in [4.78, 5) is 51.8. The number of fused-ring (bicyclic) bond motifs is 2. The van der Waals surface area contributed by atoms with E-state index in [2.05, 4.69) is 25.0 Å². The van der Waals surface area contributed by atoms with E-state index >= 15 is 13.0 Å². The fourth-order valence-electron chi connectivity index (χ4n) is 10.5. The van der Waals surface area contributed by atoms with Gasteiger partial charge in [-0.1, -0.05) is 81.4 Å². The number of carbonyl (C=O) groups is 3. The number of nitrogen functional groups attached to an aromatic ring is 1. The molecule has 2 aliphatic rings. The van der Waals surface area contributed by atoms with Crippen molar-refractivity contribution in [2.75, 3.05) is 40.2 Å². The van der Waals surface area contributed by atoms with Gasteiger partial charge in [-0.2, -0.15) is 9.10 Å². The van der Waals surface area contributed by atoms with E-state index in [4.69, 9.17) is 25.0 Å². The molecule has 21 nitrogen and oxygen atoms in total. The standard InChI is InChI=1S/C56H57N11O10S2/c1-55(2,3)56(33-65-51(68)43-10-7-8-11-44(43)52(65)69)28-37(32-66(56)54(70)71)62-78(72)46-27-26-41(42-12-9-13-45-48(42)59-53(57)58-45)47(50-60-63-67(61-50)31-36-18-24-40(77-6)25-19-36)49(46)79(73,74)64(29-34-14-20-38(75-4)21-15-34)30-35-16-22-39(76-5)23-17-35/h7-27,37,62H,28-33H2,1-6H3,(H,70,71)(H3,57,58,59)/t37-,56-,78?/m1/s1. The van der Waals surface area contributed by atoms with Crippen molar-refractivity contribution >= 4 is 56.3 Å². The number of nitrogens with zero attached hydrogens (tertiary/aromatic N) is 8. The number of aromatic nitrogens is 6. The number of benzene rings is 6. The number of ether oxygens (including phenoxy) is 3. The summed E-state index contributed by atoms with van der Waals surface area (Å²) in [6, 6.07) is 35.0. The lowest BCUT2D eigenvalue weighted by Crippen LogP contribution is -2.61. The molecular formula is C56H57N11O10S2. The zero-order chi connectivity index (χ0) is 56.0. The lowest BCUT2D eigenvalue weighted by atomic mass is 9.71. The summed E-state index contributed by atoms with van der Waals surface area (Å²) in [5.41, 5.74) is 7.84.